The molecule has 1 heterocycles. The predicted molar refractivity (Wildman–Crippen MR) is 121 cm³/mol. The molecular weight excluding hydrogens is 394 g/mol. The third-order valence-corrected chi connectivity index (χ3v) is 6.58. The highest BCUT2D eigenvalue weighted by Crippen LogP contribution is 2.35. The van der Waals surface area contributed by atoms with Crippen LogP contribution in [-0.4, -0.2) is 16.8 Å². The molecule has 0 unspecified atom stereocenters. The van der Waals surface area contributed by atoms with E-state index in [2.05, 4.69) is 24.0 Å². The van der Waals surface area contributed by atoms with Crippen LogP contribution in [0.4, 0.5) is 8.78 Å². The summed E-state index contributed by atoms with van der Waals surface area (Å²) < 4.78 is 35.0. The van der Waals surface area contributed by atoms with E-state index in [1.165, 1.54) is 44.9 Å². The van der Waals surface area contributed by atoms with E-state index in [1.807, 2.05) is 0 Å². The lowest BCUT2D eigenvalue weighted by Crippen LogP contribution is -2.15. The lowest BCUT2D eigenvalue weighted by molar-refractivity contribution is 0.249. The average Bonchev–Trinajstić information content (AvgIpc) is 2.80. The first-order chi connectivity index (χ1) is 15.1. The largest absolute Gasteiger partial charge is 0.477 e. The first-order valence-corrected chi connectivity index (χ1v) is 12.1. The van der Waals surface area contributed by atoms with Gasteiger partial charge in [-0.05, 0) is 48.8 Å². The summed E-state index contributed by atoms with van der Waals surface area (Å²) in [5.41, 5.74) is 0.920. The number of ether oxygens (including phenoxy) is 1. The van der Waals surface area contributed by atoms with Gasteiger partial charge in [0.25, 0.3) is 0 Å². The van der Waals surface area contributed by atoms with E-state index in [-0.39, 0.29) is 5.56 Å². The van der Waals surface area contributed by atoms with Gasteiger partial charge in [-0.3, -0.25) is 0 Å². The van der Waals surface area contributed by atoms with E-state index < -0.39 is 11.6 Å². The second-order valence-corrected chi connectivity index (χ2v) is 8.93. The van der Waals surface area contributed by atoms with E-state index in [9.17, 15) is 8.78 Å². The molecule has 0 spiro atoms. The fourth-order valence-corrected chi connectivity index (χ4v) is 4.50. The Morgan fingerprint density at radius 3 is 2.19 bits per heavy atom. The van der Waals surface area contributed by atoms with Crippen LogP contribution in [-0.2, 0) is 6.42 Å². The second-order valence-electron chi connectivity index (χ2n) is 8.93. The van der Waals surface area contributed by atoms with Crippen LogP contribution in [0.1, 0.15) is 83.6 Å². The van der Waals surface area contributed by atoms with Crippen molar-refractivity contribution in [3.63, 3.8) is 0 Å². The van der Waals surface area contributed by atoms with Crippen LogP contribution in [0.5, 0.6) is 5.88 Å². The van der Waals surface area contributed by atoms with E-state index in [4.69, 9.17) is 4.74 Å². The minimum Gasteiger partial charge on any atom is -0.477 e. The summed E-state index contributed by atoms with van der Waals surface area (Å²) in [6, 6.07) is 6.61. The average molecular weight is 431 g/mol. The van der Waals surface area contributed by atoms with Gasteiger partial charge in [-0.1, -0.05) is 71.3 Å². The Labute approximate surface area is 185 Å². The quantitative estimate of drug-likeness (QED) is 0.346. The fourth-order valence-electron chi connectivity index (χ4n) is 4.50. The van der Waals surface area contributed by atoms with Gasteiger partial charge >= 0.3 is 0 Å². The van der Waals surface area contributed by atoms with Gasteiger partial charge in [0.1, 0.15) is 0 Å². The van der Waals surface area contributed by atoms with Crippen molar-refractivity contribution >= 4 is 0 Å². The van der Waals surface area contributed by atoms with Crippen LogP contribution < -0.4 is 4.74 Å². The summed E-state index contributed by atoms with van der Waals surface area (Å²) in [6.45, 7) is 4.90. The SMILES string of the molecule is CCCCOc1ccc(-c2ccc(CC[C@H]3CC[C@H](CCCC)CC3)c(F)c2F)nn1. The second kappa shape index (κ2) is 12.1. The maximum Gasteiger partial charge on any atom is 0.233 e. The molecular formula is C26H36F2N2O. The van der Waals surface area contributed by atoms with Crippen LogP contribution >= 0.6 is 0 Å². The first-order valence-electron chi connectivity index (χ1n) is 12.1. The van der Waals surface area contributed by atoms with Crippen molar-refractivity contribution < 1.29 is 13.5 Å². The smallest absolute Gasteiger partial charge is 0.233 e. The number of aryl methyl sites for hydroxylation is 1. The van der Waals surface area contributed by atoms with Crippen molar-refractivity contribution in [2.24, 2.45) is 11.8 Å². The van der Waals surface area contributed by atoms with Crippen molar-refractivity contribution in [1.29, 1.82) is 0 Å². The Hall–Kier alpha value is -2.04. The van der Waals surface area contributed by atoms with Gasteiger partial charge in [-0.15, -0.1) is 10.2 Å². The molecule has 0 saturated heterocycles. The summed E-state index contributed by atoms with van der Waals surface area (Å²) in [5.74, 6) is 0.313. The summed E-state index contributed by atoms with van der Waals surface area (Å²) in [4.78, 5) is 0. The van der Waals surface area contributed by atoms with Crippen LogP contribution in [0, 0.1) is 23.5 Å². The highest BCUT2D eigenvalue weighted by atomic mass is 19.2. The lowest BCUT2D eigenvalue weighted by atomic mass is 9.78. The number of unbranched alkanes of at least 4 members (excludes halogenated alkanes) is 2. The highest BCUT2D eigenvalue weighted by molar-refractivity contribution is 5.60. The zero-order valence-corrected chi connectivity index (χ0v) is 19.0. The molecule has 1 aliphatic rings. The minimum atomic E-state index is -0.838. The molecule has 0 atom stereocenters. The maximum atomic E-state index is 14.8. The Kier molecular flexibility index (Phi) is 9.23. The first kappa shape index (κ1) is 23.6. The zero-order valence-electron chi connectivity index (χ0n) is 19.0. The summed E-state index contributed by atoms with van der Waals surface area (Å²) in [5, 5.41) is 8.01. The summed E-state index contributed by atoms with van der Waals surface area (Å²) in [7, 11) is 0. The molecule has 0 N–H and O–H groups in total. The third kappa shape index (κ3) is 6.72. The van der Waals surface area contributed by atoms with Crippen LogP contribution in [0.2, 0.25) is 0 Å². The monoisotopic (exact) mass is 430 g/mol. The highest BCUT2D eigenvalue weighted by Gasteiger charge is 2.22. The molecule has 1 fully saturated rings. The Morgan fingerprint density at radius 1 is 0.839 bits per heavy atom. The Morgan fingerprint density at radius 2 is 1.55 bits per heavy atom. The van der Waals surface area contributed by atoms with Crippen LogP contribution in [0.15, 0.2) is 24.3 Å². The minimum absolute atomic E-state index is 0.144. The molecule has 1 aliphatic carbocycles. The van der Waals surface area contributed by atoms with Crippen molar-refractivity contribution in [3.05, 3.63) is 41.5 Å². The van der Waals surface area contributed by atoms with Gasteiger partial charge in [-0.2, -0.15) is 0 Å². The fraction of sp³-hybridized carbons (Fsp3) is 0.615. The van der Waals surface area contributed by atoms with Gasteiger partial charge < -0.3 is 4.74 Å². The van der Waals surface area contributed by atoms with Crippen molar-refractivity contribution in [2.75, 3.05) is 6.61 Å². The predicted octanol–water partition coefficient (Wildman–Crippen LogP) is 7.53. The number of rotatable bonds is 11. The number of halogens is 2. The molecule has 1 saturated carbocycles. The standard InChI is InChI=1S/C26H36F2N2O/c1-3-5-7-19-8-10-20(11-9-19)12-13-21-14-15-22(26(28)25(21)27)23-16-17-24(30-29-23)31-18-6-4-2/h14-17,19-20H,3-13,18H2,1-2H3/t19-,20-. The summed E-state index contributed by atoms with van der Waals surface area (Å²) >= 11 is 0. The zero-order chi connectivity index (χ0) is 22.1. The molecule has 1 aromatic carbocycles. The number of nitrogens with zero attached hydrogens (tertiary/aromatic N) is 2. The molecule has 5 heteroatoms. The third-order valence-electron chi connectivity index (χ3n) is 6.58. The van der Waals surface area contributed by atoms with E-state index in [0.29, 0.717) is 36.1 Å². The van der Waals surface area contributed by atoms with E-state index >= 15 is 0 Å². The molecule has 0 aliphatic heterocycles. The molecule has 2 aromatic rings. The molecule has 0 bridgehead atoms. The van der Waals surface area contributed by atoms with Crippen molar-refractivity contribution in [1.82, 2.24) is 10.2 Å². The van der Waals surface area contributed by atoms with Gasteiger partial charge in [0.15, 0.2) is 11.6 Å². The van der Waals surface area contributed by atoms with Crippen molar-refractivity contribution in [2.45, 2.75) is 84.5 Å². The number of hydrogen-bond acceptors (Lipinski definition) is 3. The molecule has 170 valence electrons. The topological polar surface area (TPSA) is 35.0 Å². The van der Waals surface area contributed by atoms with E-state index in [1.54, 1.807) is 24.3 Å². The number of benzene rings is 1. The molecule has 3 rings (SSSR count). The van der Waals surface area contributed by atoms with Crippen molar-refractivity contribution in [3.8, 4) is 17.1 Å². The van der Waals surface area contributed by atoms with Crippen LogP contribution in [0.3, 0.4) is 0 Å². The number of aromatic nitrogens is 2. The molecule has 0 radical (unpaired) electrons. The molecule has 1 aromatic heterocycles. The van der Waals surface area contributed by atoms with Gasteiger partial charge in [0, 0.05) is 11.6 Å². The molecule has 3 nitrogen and oxygen atoms in total. The van der Waals surface area contributed by atoms with E-state index in [0.717, 1.165) is 25.2 Å². The summed E-state index contributed by atoms with van der Waals surface area (Å²) in [6.07, 6.45) is 12.4. The van der Waals surface area contributed by atoms with Gasteiger partial charge in [-0.25, -0.2) is 8.78 Å². The van der Waals surface area contributed by atoms with Gasteiger partial charge in [0.05, 0.1) is 12.3 Å². The maximum absolute atomic E-state index is 14.8. The Balaban J connectivity index is 1.56. The Bertz CT molecular complexity index is 802. The van der Waals surface area contributed by atoms with Gasteiger partial charge in [0.2, 0.25) is 5.88 Å². The normalized spacial score (nSPS) is 18.8. The molecule has 31 heavy (non-hydrogen) atoms. The molecule has 0 amide bonds. The number of hydrogen-bond donors (Lipinski definition) is 0. The lowest BCUT2D eigenvalue weighted by Gasteiger charge is -2.28. The van der Waals surface area contributed by atoms with Crippen LogP contribution in [0.25, 0.3) is 11.3 Å².